The van der Waals surface area contributed by atoms with Crippen molar-refractivity contribution >= 4 is 11.6 Å². The van der Waals surface area contributed by atoms with Crippen LogP contribution in [-0.2, 0) is 6.42 Å². The summed E-state index contributed by atoms with van der Waals surface area (Å²) in [5, 5.41) is 10.7. The number of aryl methyl sites for hydroxylation is 1. The van der Waals surface area contributed by atoms with Gasteiger partial charge in [-0.3, -0.25) is 0 Å². The summed E-state index contributed by atoms with van der Waals surface area (Å²) in [6, 6.07) is 9.32. The van der Waals surface area contributed by atoms with E-state index in [-0.39, 0.29) is 0 Å². The zero-order chi connectivity index (χ0) is 11.5. The standard InChI is InChI=1S/C13H13ClO2/c1-9-5-6-16-13(9)12(15)8-10-3-2-4-11(14)7-10/h2-7,12,15H,8H2,1H3. The van der Waals surface area contributed by atoms with Crippen molar-refractivity contribution in [2.75, 3.05) is 0 Å². The lowest BCUT2D eigenvalue weighted by Crippen LogP contribution is -2.01. The molecule has 0 spiro atoms. The fourth-order valence-electron chi connectivity index (χ4n) is 1.71. The maximum atomic E-state index is 10.00. The second-order valence-corrected chi connectivity index (χ2v) is 4.25. The summed E-state index contributed by atoms with van der Waals surface area (Å²) in [6.45, 7) is 1.92. The predicted molar refractivity (Wildman–Crippen MR) is 63.6 cm³/mol. The normalized spacial score (nSPS) is 12.7. The summed E-state index contributed by atoms with van der Waals surface area (Å²) in [5.41, 5.74) is 1.96. The Hall–Kier alpha value is -1.25. The molecule has 2 aromatic rings. The van der Waals surface area contributed by atoms with Gasteiger partial charge in [-0.1, -0.05) is 23.7 Å². The molecule has 1 heterocycles. The van der Waals surface area contributed by atoms with Crippen LogP contribution in [0.25, 0.3) is 0 Å². The van der Waals surface area contributed by atoms with Gasteiger partial charge in [0.25, 0.3) is 0 Å². The predicted octanol–water partition coefficient (Wildman–Crippen LogP) is 3.52. The highest BCUT2D eigenvalue weighted by molar-refractivity contribution is 6.30. The number of aliphatic hydroxyl groups is 1. The van der Waals surface area contributed by atoms with Crippen LogP contribution in [0.3, 0.4) is 0 Å². The summed E-state index contributed by atoms with van der Waals surface area (Å²) in [6.07, 6.45) is 1.48. The van der Waals surface area contributed by atoms with E-state index >= 15 is 0 Å². The molecule has 0 fully saturated rings. The van der Waals surface area contributed by atoms with Crippen LogP contribution in [0.15, 0.2) is 41.0 Å². The molecule has 3 heteroatoms. The summed E-state index contributed by atoms with van der Waals surface area (Å²) in [5.74, 6) is 0.625. The summed E-state index contributed by atoms with van der Waals surface area (Å²) in [4.78, 5) is 0. The molecule has 1 atom stereocenters. The fraction of sp³-hybridized carbons (Fsp3) is 0.231. The Morgan fingerprint density at radius 1 is 1.38 bits per heavy atom. The average molecular weight is 237 g/mol. The van der Waals surface area contributed by atoms with Gasteiger partial charge in [-0.05, 0) is 36.2 Å². The average Bonchev–Trinajstić information content (AvgIpc) is 2.64. The van der Waals surface area contributed by atoms with E-state index in [1.165, 1.54) is 0 Å². The molecule has 2 rings (SSSR count). The smallest absolute Gasteiger partial charge is 0.135 e. The van der Waals surface area contributed by atoms with Crippen molar-refractivity contribution in [3.8, 4) is 0 Å². The highest BCUT2D eigenvalue weighted by Gasteiger charge is 2.14. The van der Waals surface area contributed by atoms with E-state index in [9.17, 15) is 5.11 Å². The molecule has 1 aromatic carbocycles. The first kappa shape index (κ1) is 11.2. The Morgan fingerprint density at radius 3 is 2.81 bits per heavy atom. The van der Waals surface area contributed by atoms with E-state index in [4.69, 9.17) is 16.0 Å². The minimum absolute atomic E-state index is 0.509. The van der Waals surface area contributed by atoms with Crippen molar-refractivity contribution < 1.29 is 9.52 Å². The van der Waals surface area contributed by atoms with Crippen LogP contribution in [0.4, 0.5) is 0 Å². The van der Waals surface area contributed by atoms with Crippen molar-refractivity contribution in [1.29, 1.82) is 0 Å². The Labute approximate surface area is 99.5 Å². The molecule has 0 bridgehead atoms. The summed E-state index contributed by atoms with van der Waals surface area (Å²) in [7, 11) is 0. The zero-order valence-corrected chi connectivity index (χ0v) is 9.74. The molecule has 16 heavy (non-hydrogen) atoms. The molecule has 0 saturated heterocycles. The molecule has 1 N–H and O–H groups in total. The largest absolute Gasteiger partial charge is 0.466 e. The van der Waals surface area contributed by atoms with Crippen LogP contribution in [-0.4, -0.2) is 5.11 Å². The lowest BCUT2D eigenvalue weighted by atomic mass is 10.0. The molecular weight excluding hydrogens is 224 g/mol. The number of aliphatic hydroxyl groups excluding tert-OH is 1. The third-order valence-corrected chi connectivity index (χ3v) is 2.76. The zero-order valence-electron chi connectivity index (χ0n) is 8.98. The van der Waals surface area contributed by atoms with Crippen LogP contribution in [0.1, 0.15) is 23.0 Å². The maximum absolute atomic E-state index is 10.00. The molecule has 0 aliphatic rings. The van der Waals surface area contributed by atoms with Crippen LogP contribution in [0, 0.1) is 6.92 Å². The van der Waals surface area contributed by atoms with Gasteiger partial charge in [-0.2, -0.15) is 0 Å². The number of hydrogen-bond donors (Lipinski definition) is 1. The van der Waals surface area contributed by atoms with Gasteiger partial charge >= 0.3 is 0 Å². The Bertz CT molecular complexity index is 476. The Balaban J connectivity index is 2.14. The number of rotatable bonds is 3. The quantitative estimate of drug-likeness (QED) is 0.885. The molecule has 0 amide bonds. The minimum Gasteiger partial charge on any atom is -0.466 e. The minimum atomic E-state index is -0.617. The number of furan rings is 1. The molecule has 1 aromatic heterocycles. The SMILES string of the molecule is Cc1ccoc1C(O)Cc1cccc(Cl)c1. The third kappa shape index (κ3) is 2.46. The second kappa shape index (κ2) is 4.73. The molecular formula is C13H13ClO2. The number of benzene rings is 1. The van der Waals surface area contributed by atoms with E-state index < -0.39 is 6.10 Å². The van der Waals surface area contributed by atoms with Crippen molar-refractivity contribution in [1.82, 2.24) is 0 Å². The highest BCUT2D eigenvalue weighted by Crippen LogP contribution is 2.23. The van der Waals surface area contributed by atoms with Crippen LogP contribution < -0.4 is 0 Å². The summed E-state index contributed by atoms with van der Waals surface area (Å²) >= 11 is 5.88. The number of hydrogen-bond acceptors (Lipinski definition) is 2. The molecule has 0 aliphatic heterocycles. The van der Waals surface area contributed by atoms with Gasteiger partial charge in [-0.15, -0.1) is 0 Å². The molecule has 0 aliphatic carbocycles. The second-order valence-electron chi connectivity index (χ2n) is 3.82. The Morgan fingerprint density at radius 2 is 2.19 bits per heavy atom. The third-order valence-electron chi connectivity index (χ3n) is 2.52. The topological polar surface area (TPSA) is 33.4 Å². The Kier molecular flexibility index (Phi) is 3.32. The van der Waals surface area contributed by atoms with Crippen molar-refractivity contribution in [2.24, 2.45) is 0 Å². The summed E-state index contributed by atoms with van der Waals surface area (Å²) < 4.78 is 5.25. The van der Waals surface area contributed by atoms with Gasteiger partial charge in [0.05, 0.1) is 6.26 Å². The van der Waals surface area contributed by atoms with E-state index in [1.807, 2.05) is 37.3 Å². The highest BCUT2D eigenvalue weighted by atomic mass is 35.5. The monoisotopic (exact) mass is 236 g/mol. The lowest BCUT2D eigenvalue weighted by Gasteiger charge is -2.09. The molecule has 84 valence electrons. The molecule has 1 unspecified atom stereocenters. The van der Waals surface area contributed by atoms with Gasteiger partial charge in [-0.25, -0.2) is 0 Å². The van der Waals surface area contributed by atoms with E-state index in [0.29, 0.717) is 17.2 Å². The molecule has 0 saturated carbocycles. The first-order chi connectivity index (χ1) is 7.66. The first-order valence-corrected chi connectivity index (χ1v) is 5.51. The van der Waals surface area contributed by atoms with Crippen LogP contribution >= 0.6 is 11.6 Å². The van der Waals surface area contributed by atoms with Gasteiger partial charge in [0.15, 0.2) is 0 Å². The van der Waals surface area contributed by atoms with Gasteiger partial charge in [0, 0.05) is 11.4 Å². The van der Waals surface area contributed by atoms with Gasteiger partial charge in [0.1, 0.15) is 11.9 Å². The van der Waals surface area contributed by atoms with E-state index in [0.717, 1.165) is 11.1 Å². The fourth-order valence-corrected chi connectivity index (χ4v) is 1.92. The van der Waals surface area contributed by atoms with Crippen LogP contribution in [0.5, 0.6) is 0 Å². The van der Waals surface area contributed by atoms with Crippen LogP contribution in [0.2, 0.25) is 5.02 Å². The van der Waals surface area contributed by atoms with Gasteiger partial charge in [0.2, 0.25) is 0 Å². The van der Waals surface area contributed by atoms with Crippen molar-refractivity contribution in [3.63, 3.8) is 0 Å². The first-order valence-electron chi connectivity index (χ1n) is 5.13. The van der Waals surface area contributed by atoms with Crippen molar-refractivity contribution in [2.45, 2.75) is 19.4 Å². The van der Waals surface area contributed by atoms with Crippen molar-refractivity contribution in [3.05, 3.63) is 58.5 Å². The van der Waals surface area contributed by atoms with E-state index in [2.05, 4.69) is 0 Å². The molecule has 0 radical (unpaired) electrons. The van der Waals surface area contributed by atoms with E-state index in [1.54, 1.807) is 6.26 Å². The number of halogens is 1. The van der Waals surface area contributed by atoms with Gasteiger partial charge < -0.3 is 9.52 Å². The lowest BCUT2D eigenvalue weighted by molar-refractivity contribution is 0.149. The molecule has 2 nitrogen and oxygen atoms in total. The maximum Gasteiger partial charge on any atom is 0.135 e.